The molecule has 0 saturated carbocycles. The first-order valence-electron chi connectivity index (χ1n) is 6.34. The number of aryl methyl sites for hydroxylation is 1. The molecule has 0 spiro atoms. The van der Waals surface area contributed by atoms with Crippen LogP contribution in [0.5, 0.6) is 0 Å². The molecule has 1 heterocycles. The van der Waals surface area contributed by atoms with Crippen molar-refractivity contribution in [3.05, 3.63) is 33.6 Å². The van der Waals surface area contributed by atoms with Crippen LogP contribution in [0.3, 0.4) is 0 Å². The summed E-state index contributed by atoms with van der Waals surface area (Å²) >= 11 is 0. The highest BCUT2D eigenvalue weighted by Gasteiger charge is 2.19. The van der Waals surface area contributed by atoms with Crippen molar-refractivity contribution in [2.75, 3.05) is 25.1 Å². The van der Waals surface area contributed by atoms with Crippen LogP contribution in [0.2, 0.25) is 0 Å². The number of nitrogens with zero attached hydrogens (tertiary/aromatic N) is 1. The highest BCUT2D eigenvalue weighted by atomic mass is 19.1. The maximum atomic E-state index is 13.4. The van der Waals surface area contributed by atoms with Gasteiger partial charge in [0.15, 0.2) is 0 Å². The quantitative estimate of drug-likeness (QED) is 0.673. The number of benzene rings is 1. The molecule has 0 radical (unpaired) electrons. The van der Waals surface area contributed by atoms with Gasteiger partial charge in [0.05, 0.1) is 11.0 Å². The third kappa shape index (κ3) is 3.41. The first-order valence-corrected chi connectivity index (χ1v) is 6.34. The molecule has 0 bridgehead atoms. The number of ether oxygens (including phenoxy) is 1. The molecule has 104 valence electrons. The second-order valence-corrected chi connectivity index (χ2v) is 4.81. The summed E-state index contributed by atoms with van der Waals surface area (Å²) in [5, 5.41) is 14.0. The molecule has 1 fully saturated rings. The molecule has 1 aromatic carbocycles. The predicted octanol–water partition coefficient (Wildman–Crippen LogP) is 2.88. The first kappa shape index (κ1) is 13.7. The van der Waals surface area contributed by atoms with E-state index in [1.807, 2.05) is 0 Å². The molecule has 0 unspecified atom stereocenters. The zero-order valence-electron chi connectivity index (χ0n) is 10.8. The summed E-state index contributed by atoms with van der Waals surface area (Å²) in [5.41, 5.74) is 0.575. The van der Waals surface area contributed by atoms with Gasteiger partial charge in [0.1, 0.15) is 11.5 Å². The normalized spacial score (nSPS) is 16.3. The molecule has 0 atom stereocenters. The minimum Gasteiger partial charge on any atom is -0.381 e. The first-order chi connectivity index (χ1) is 9.08. The van der Waals surface area contributed by atoms with E-state index in [0.29, 0.717) is 23.7 Å². The Hall–Kier alpha value is -1.69. The smallest absolute Gasteiger partial charge is 0.295 e. The number of hydrogen-bond acceptors (Lipinski definition) is 4. The predicted molar refractivity (Wildman–Crippen MR) is 69.8 cm³/mol. The van der Waals surface area contributed by atoms with Crippen LogP contribution >= 0.6 is 0 Å². The zero-order valence-corrected chi connectivity index (χ0v) is 10.8. The average molecular weight is 268 g/mol. The Bertz CT molecular complexity index is 473. The summed E-state index contributed by atoms with van der Waals surface area (Å²) < 4.78 is 18.6. The fourth-order valence-corrected chi connectivity index (χ4v) is 2.17. The molecule has 1 N–H and O–H groups in total. The van der Waals surface area contributed by atoms with Gasteiger partial charge in [0.25, 0.3) is 5.69 Å². The van der Waals surface area contributed by atoms with Gasteiger partial charge in [0, 0.05) is 19.8 Å². The number of nitrogens with one attached hydrogen (secondary N) is 1. The summed E-state index contributed by atoms with van der Waals surface area (Å²) in [7, 11) is 0. The van der Waals surface area contributed by atoms with Crippen LogP contribution in [0.4, 0.5) is 15.8 Å². The molecule has 0 aromatic heterocycles. The fraction of sp³-hybridized carbons (Fsp3) is 0.538. The number of nitro benzene ring substituents is 1. The van der Waals surface area contributed by atoms with Gasteiger partial charge in [-0.1, -0.05) is 0 Å². The topological polar surface area (TPSA) is 64.4 Å². The summed E-state index contributed by atoms with van der Waals surface area (Å²) in [6, 6.07) is 2.47. The van der Waals surface area contributed by atoms with Crippen molar-refractivity contribution in [2.24, 2.45) is 5.92 Å². The molecule has 1 aliphatic rings. The Morgan fingerprint density at radius 3 is 2.79 bits per heavy atom. The van der Waals surface area contributed by atoms with E-state index in [-0.39, 0.29) is 5.69 Å². The molecular formula is C13H17FN2O3. The lowest BCUT2D eigenvalue weighted by Gasteiger charge is -2.22. The molecule has 6 heteroatoms. The van der Waals surface area contributed by atoms with E-state index in [0.717, 1.165) is 32.1 Å². The molecule has 1 saturated heterocycles. The van der Waals surface area contributed by atoms with Gasteiger partial charge in [-0.15, -0.1) is 0 Å². The van der Waals surface area contributed by atoms with Crippen molar-refractivity contribution in [2.45, 2.75) is 19.8 Å². The average Bonchev–Trinajstić information content (AvgIpc) is 2.40. The molecule has 19 heavy (non-hydrogen) atoms. The SMILES string of the molecule is Cc1cc(NCC2CCOCC2)c([N+](=O)[O-])cc1F. The van der Waals surface area contributed by atoms with Crippen molar-refractivity contribution in [3.8, 4) is 0 Å². The lowest BCUT2D eigenvalue weighted by Crippen LogP contribution is -2.23. The second-order valence-electron chi connectivity index (χ2n) is 4.81. The fourth-order valence-electron chi connectivity index (χ4n) is 2.17. The third-order valence-electron chi connectivity index (χ3n) is 3.40. The van der Waals surface area contributed by atoms with Gasteiger partial charge in [-0.2, -0.15) is 0 Å². The van der Waals surface area contributed by atoms with Crippen LogP contribution in [0.25, 0.3) is 0 Å². The van der Waals surface area contributed by atoms with Crippen LogP contribution < -0.4 is 5.32 Å². The number of hydrogen-bond donors (Lipinski definition) is 1. The standard InChI is InChI=1S/C13H17FN2O3/c1-9-6-12(13(16(17)18)7-11(9)14)15-8-10-2-4-19-5-3-10/h6-7,10,15H,2-5,8H2,1H3. The van der Waals surface area contributed by atoms with Crippen molar-refractivity contribution in [1.82, 2.24) is 0 Å². The van der Waals surface area contributed by atoms with E-state index in [2.05, 4.69) is 5.32 Å². The van der Waals surface area contributed by atoms with E-state index in [9.17, 15) is 14.5 Å². The lowest BCUT2D eigenvalue weighted by molar-refractivity contribution is -0.384. The van der Waals surface area contributed by atoms with E-state index in [1.165, 1.54) is 6.07 Å². The number of nitro groups is 1. The minimum atomic E-state index is -0.561. The van der Waals surface area contributed by atoms with Gasteiger partial charge < -0.3 is 10.1 Å². The maximum Gasteiger partial charge on any atom is 0.295 e. The monoisotopic (exact) mass is 268 g/mol. The molecule has 2 rings (SSSR count). The second kappa shape index (κ2) is 5.97. The Kier molecular flexibility index (Phi) is 4.31. The highest BCUT2D eigenvalue weighted by molar-refractivity contribution is 5.63. The van der Waals surface area contributed by atoms with Gasteiger partial charge in [-0.05, 0) is 37.3 Å². The van der Waals surface area contributed by atoms with E-state index in [1.54, 1.807) is 6.92 Å². The largest absolute Gasteiger partial charge is 0.381 e. The van der Waals surface area contributed by atoms with Crippen LogP contribution in [-0.4, -0.2) is 24.7 Å². The Labute approximate surface area is 110 Å². The minimum absolute atomic E-state index is 0.213. The van der Waals surface area contributed by atoms with Gasteiger partial charge in [-0.25, -0.2) is 4.39 Å². The summed E-state index contributed by atoms with van der Waals surface area (Å²) in [6.45, 7) is 3.71. The molecular weight excluding hydrogens is 251 g/mol. The van der Waals surface area contributed by atoms with Gasteiger partial charge in [0.2, 0.25) is 0 Å². The van der Waals surface area contributed by atoms with E-state index >= 15 is 0 Å². The number of rotatable bonds is 4. The van der Waals surface area contributed by atoms with Crippen molar-refractivity contribution >= 4 is 11.4 Å². The number of anilines is 1. The maximum absolute atomic E-state index is 13.4. The van der Waals surface area contributed by atoms with E-state index in [4.69, 9.17) is 4.74 Å². The van der Waals surface area contributed by atoms with Crippen LogP contribution in [0, 0.1) is 28.8 Å². The highest BCUT2D eigenvalue weighted by Crippen LogP contribution is 2.28. The van der Waals surface area contributed by atoms with Crippen LogP contribution in [0.15, 0.2) is 12.1 Å². The van der Waals surface area contributed by atoms with E-state index < -0.39 is 10.7 Å². The Morgan fingerprint density at radius 1 is 1.47 bits per heavy atom. The lowest BCUT2D eigenvalue weighted by atomic mass is 10.0. The molecule has 0 amide bonds. The van der Waals surface area contributed by atoms with Crippen molar-refractivity contribution in [3.63, 3.8) is 0 Å². The summed E-state index contributed by atoms with van der Waals surface area (Å²) in [5.74, 6) is -0.109. The number of halogens is 1. The Balaban J connectivity index is 2.09. The van der Waals surface area contributed by atoms with Gasteiger partial charge in [-0.3, -0.25) is 10.1 Å². The summed E-state index contributed by atoms with van der Waals surface area (Å²) in [6.07, 6.45) is 1.89. The van der Waals surface area contributed by atoms with Crippen LogP contribution in [0.1, 0.15) is 18.4 Å². The van der Waals surface area contributed by atoms with Crippen molar-refractivity contribution < 1.29 is 14.1 Å². The molecule has 0 aliphatic carbocycles. The van der Waals surface area contributed by atoms with Crippen LogP contribution in [-0.2, 0) is 4.74 Å². The molecule has 1 aliphatic heterocycles. The summed E-state index contributed by atoms with van der Waals surface area (Å²) in [4.78, 5) is 10.4. The Morgan fingerprint density at radius 2 is 2.16 bits per heavy atom. The van der Waals surface area contributed by atoms with Gasteiger partial charge >= 0.3 is 0 Å². The zero-order chi connectivity index (χ0) is 13.8. The van der Waals surface area contributed by atoms with Crippen molar-refractivity contribution in [1.29, 1.82) is 0 Å². The molecule has 5 nitrogen and oxygen atoms in total. The molecule has 1 aromatic rings. The third-order valence-corrected chi connectivity index (χ3v) is 3.40.